The maximum absolute atomic E-state index is 5.43. The Hall–Kier alpha value is -3.22. The van der Waals surface area contributed by atoms with Crippen molar-refractivity contribution in [2.45, 2.75) is 0 Å². The van der Waals surface area contributed by atoms with Crippen molar-refractivity contribution in [3.63, 3.8) is 0 Å². The number of aromatic amines is 1. The summed E-state index contributed by atoms with van der Waals surface area (Å²) in [4.78, 5) is 9.11. The number of hydrogen-bond acceptors (Lipinski definition) is 5. The molecule has 0 atom stereocenters. The molecule has 0 spiro atoms. The van der Waals surface area contributed by atoms with Gasteiger partial charge in [0.15, 0.2) is 5.65 Å². The standard InChI is InChI=1S/C16H14N6O/c1-22-12(7-8-18-22)11-9-17-16-15(19-11)14(20-21-16)10-5-3-4-6-13(10)23-2/h3-9H,1-2H3,(H,17,20,21). The van der Waals surface area contributed by atoms with Gasteiger partial charge < -0.3 is 4.74 Å². The molecule has 23 heavy (non-hydrogen) atoms. The van der Waals surface area contributed by atoms with Crippen molar-refractivity contribution in [1.82, 2.24) is 29.9 Å². The Morgan fingerprint density at radius 3 is 2.83 bits per heavy atom. The smallest absolute Gasteiger partial charge is 0.200 e. The van der Waals surface area contributed by atoms with E-state index in [1.54, 1.807) is 24.2 Å². The van der Waals surface area contributed by atoms with Crippen LogP contribution in [0.15, 0.2) is 42.7 Å². The number of methoxy groups -OCH3 is 1. The molecule has 0 aliphatic heterocycles. The number of aromatic nitrogens is 6. The van der Waals surface area contributed by atoms with Gasteiger partial charge in [0.25, 0.3) is 0 Å². The van der Waals surface area contributed by atoms with E-state index in [0.717, 1.165) is 28.4 Å². The summed E-state index contributed by atoms with van der Waals surface area (Å²) in [5, 5.41) is 11.4. The van der Waals surface area contributed by atoms with Crippen molar-refractivity contribution < 1.29 is 4.74 Å². The van der Waals surface area contributed by atoms with E-state index in [0.29, 0.717) is 11.2 Å². The van der Waals surface area contributed by atoms with Crippen LogP contribution in [0.3, 0.4) is 0 Å². The Morgan fingerprint density at radius 1 is 1.17 bits per heavy atom. The molecule has 3 heterocycles. The molecule has 3 aromatic heterocycles. The molecule has 0 saturated heterocycles. The van der Waals surface area contributed by atoms with Crippen LogP contribution in [-0.2, 0) is 7.05 Å². The Morgan fingerprint density at radius 2 is 2.04 bits per heavy atom. The van der Waals surface area contributed by atoms with Gasteiger partial charge in [-0.3, -0.25) is 9.78 Å². The molecule has 0 aliphatic carbocycles. The first-order chi connectivity index (χ1) is 11.3. The van der Waals surface area contributed by atoms with E-state index in [1.807, 2.05) is 37.4 Å². The van der Waals surface area contributed by atoms with Crippen LogP contribution in [0.4, 0.5) is 0 Å². The minimum atomic E-state index is 0.567. The zero-order valence-electron chi connectivity index (χ0n) is 12.7. The Bertz CT molecular complexity index is 987. The number of ether oxygens (including phenoxy) is 1. The maximum atomic E-state index is 5.43. The van der Waals surface area contributed by atoms with Crippen LogP contribution >= 0.6 is 0 Å². The van der Waals surface area contributed by atoms with E-state index in [-0.39, 0.29) is 0 Å². The number of aryl methyl sites for hydroxylation is 1. The molecule has 0 bridgehead atoms. The van der Waals surface area contributed by atoms with Crippen molar-refractivity contribution in [2.24, 2.45) is 7.05 Å². The van der Waals surface area contributed by atoms with Gasteiger partial charge >= 0.3 is 0 Å². The molecular weight excluding hydrogens is 292 g/mol. The molecule has 7 heteroatoms. The van der Waals surface area contributed by atoms with E-state index in [2.05, 4.69) is 20.3 Å². The lowest BCUT2D eigenvalue weighted by Gasteiger charge is -2.06. The SMILES string of the molecule is COc1ccccc1-c1[nH]nc2ncc(-c3ccnn3C)nc12. The highest BCUT2D eigenvalue weighted by molar-refractivity contribution is 5.90. The summed E-state index contributed by atoms with van der Waals surface area (Å²) in [6.45, 7) is 0. The van der Waals surface area contributed by atoms with E-state index < -0.39 is 0 Å². The summed E-state index contributed by atoms with van der Waals surface area (Å²) in [6, 6.07) is 9.64. The van der Waals surface area contributed by atoms with Gasteiger partial charge in [0.1, 0.15) is 17.0 Å². The molecule has 0 fully saturated rings. The van der Waals surface area contributed by atoms with Crippen LogP contribution in [0.1, 0.15) is 0 Å². The van der Waals surface area contributed by atoms with Crippen molar-refractivity contribution in [1.29, 1.82) is 0 Å². The average Bonchev–Trinajstić information content (AvgIpc) is 3.20. The molecule has 0 amide bonds. The molecule has 4 rings (SSSR count). The van der Waals surface area contributed by atoms with Gasteiger partial charge in [0.2, 0.25) is 0 Å². The van der Waals surface area contributed by atoms with E-state index in [1.165, 1.54) is 0 Å². The van der Waals surface area contributed by atoms with E-state index >= 15 is 0 Å². The fraction of sp³-hybridized carbons (Fsp3) is 0.125. The molecule has 7 nitrogen and oxygen atoms in total. The second-order valence-electron chi connectivity index (χ2n) is 5.07. The molecule has 0 aliphatic rings. The number of rotatable bonds is 3. The normalized spacial score (nSPS) is 11.0. The molecule has 0 radical (unpaired) electrons. The second-order valence-corrected chi connectivity index (χ2v) is 5.07. The van der Waals surface area contributed by atoms with E-state index in [9.17, 15) is 0 Å². The third-order valence-corrected chi connectivity index (χ3v) is 3.72. The van der Waals surface area contributed by atoms with Crippen LogP contribution in [0.2, 0.25) is 0 Å². The van der Waals surface area contributed by atoms with E-state index in [4.69, 9.17) is 9.72 Å². The summed E-state index contributed by atoms with van der Waals surface area (Å²) >= 11 is 0. The molecule has 0 saturated carbocycles. The lowest BCUT2D eigenvalue weighted by atomic mass is 10.1. The van der Waals surface area contributed by atoms with Crippen LogP contribution in [0.5, 0.6) is 5.75 Å². The van der Waals surface area contributed by atoms with Crippen LogP contribution in [0.25, 0.3) is 33.8 Å². The average molecular weight is 306 g/mol. The number of para-hydroxylation sites is 1. The molecule has 4 aromatic rings. The highest BCUT2D eigenvalue weighted by Crippen LogP contribution is 2.32. The predicted molar refractivity (Wildman–Crippen MR) is 85.9 cm³/mol. The first-order valence-corrected chi connectivity index (χ1v) is 7.11. The van der Waals surface area contributed by atoms with Crippen molar-refractivity contribution in [3.05, 3.63) is 42.7 Å². The second kappa shape index (κ2) is 5.20. The number of benzene rings is 1. The minimum Gasteiger partial charge on any atom is -0.496 e. The summed E-state index contributed by atoms with van der Waals surface area (Å²) in [7, 11) is 3.52. The maximum Gasteiger partial charge on any atom is 0.200 e. The fourth-order valence-electron chi connectivity index (χ4n) is 2.58. The number of nitrogens with zero attached hydrogens (tertiary/aromatic N) is 5. The highest BCUT2D eigenvalue weighted by atomic mass is 16.5. The zero-order chi connectivity index (χ0) is 15.8. The minimum absolute atomic E-state index is 0.567. The monoisotopic (exact) mass is 306 g/mol. The lowest BCUT2D eigenvalue weighted by molar-refractivity contribution is 0.416. The first kappa shape index (κ1) is 13.4. The van der Waals surface area contributed by atoms with Crippen molar-refractivity contribution in [2.75, 3.05) is 7.11 Å². The molecular formula is C16H14N6O. The summed E-state index contributed by atoms with van der Waals surface area (Å²) in [6.07, 6.45) is 3.43. The van der Waals surface area contributed by atoms with Gasteiger partial charge in [-0.2, -0.15) is 10.2 Å². The van der Waals surface area contributed by atoms with Crippen LogP contribution < -0.4 is 4.74 Å². The topological polar surface area (TPSA) is 81.5 Å². The molecule has 0 unspecified atom stereocenters. The number of hydrogen-bond donors (Lipinski definition) is 1. The van der Waals surface area contributed by atoms with Gasteiger partial charge in [-0.1, -0.05) is 12.1 Å². The first-order valence-electron chi connectivity index (χ1n) is 7.11. The zero-order valence-corrected chi connectivity index (χ0v) is 12.7. The van der Waals surface area contributed by atoms with Gasteiger partial charge in [-0.25, -0.2) is 9.97 Å². The van der Waals surface area contributed by atoms with Gasteiger partial charge in [-0.05, 0) is 18.2 Å². The van der Waals surface area contributed by atoms with Crippen LogP contribution in [0, 0.1) is 0 Å². The number of nitrogens with one attached hydrogen (secondary N) is 1. The Kier molecular flexibility index (Phi) is 3.04. The third kappa shape index (κ3) is 2.13. The fourth-order valence-corrected chi connectivity index (χ4v) is 2.58. The summed E-state index contributed by atoms with van der Waals surface area (Å²) in [5.74, 6) is 0.755. The van der Waals surface area contributed by atoms with Gasteiger partial charge in [0.05, 0.1) is 24.7 Å². The molecule has 1 aromatic carbocycles. The molecule has 1 N–H and O–H groups in total. The molecule has 114 valence electrons. The summed E-state index contributed by atoms with van der Waals surface area (Å²) < 4.78 is 7.19. The summed E-state index contributed by atoms with van der Waals surface area (Å²) in [5.41, 5.74) is 4.59. The Labute approximate surface area is 132 Å². The number of H-pyrrole nitrogens is 1. The highest BCUT2D eigenvalue weighted by Gasteiger charge is 2.15. The van der Waals surface area contributed by atoms with Gasteiger partial charge in [-0.15, -0.1) is 0 Å². The quantitative estimate of drug-likeness (QED) is 0.628. The van der Waals surface area contributed by atoms with Crippen molar-refractivity contribution >= 4 is 11.2 Å². The Balaban J connectivity index is 1.93. The third-order valence-electron chi connectivity index (χ3n) is 3.72. The van der Waals surface area contributed by atoms with Gasteiger partial charge in [0, 0.05) is 18.8 Å². The predicted octanol–water partition coefficient (Wildman–Crippen LogP) is 2.43. The van der Waals surface area contributed by atoms with Crippen LogP contribution in [-0.4, -0.2) is 37.1 Å². The lowest BCUT2D eigenvalue weighted by Crippen LogP contribution is -1.96. The van der Waals surface area contributed by atoms with Crippen molar-refractivity contribution in [3.8, 4) is 28.4 Å². The number of fused-ring (bicyclic) bond motifs is 1. The largest absolute Gasteiger partial charge is 0.496 e.